The van der Waals surface area contributed by atoms with Crippen molar-refractivity contribution in [2.45, 2.75) is 75.3 Å². The third-order valence-corrected chi connectivity index (χ3v) is 15.0. The topological polar surface area (TPSA) is 148 Å². The molecule has 4 atom stereocenters. The third kappa shape index (κ3) is 10.7. The van der Waals surface area contributed by atoms with Crippen LogP contribution in [0.15, 0.2) is 184 Å². The van der Waals surface area contributed by atoms with Gasteiger partial charge in [0.1, 0.15) is 28.3 Å². The Morgan fingerprint density at radius 3 is 1.82 bits per heavy atom. The van der Waals surface area contributed by atoms with Crippen molar-refractivity contribution in [3.8, 4) is 0 Å². The molecule has 0 saturated carbocycles. The van der Waals surface area contributed by atoms with Gasteiger partial charge in [-0.15, -0.1) is 11.8 Å². The molecule has 0 bridgehead atoms. The molecule has 3 aliphatic heterocycles. The van der Waals surface area contributed by atoms with Crippen LogP contribution in [0.4, 0.5) is 0 Å². The monoisotopic (exact) mass is 1060 g/mol. The molecule has 0 aromatic heterocycles. The molecule has 0 aliphatic carbocycles. The Morgan fingerprint density at radius 2 is 1.34 bits per heavy atom. The molecule has 4 unspecified atom stereocenters. The number of thioether (sulfide) groups is 1. The van der Waals surface area contributed by atoms with Crippen molar-refractivity contribution < 1.29 is 33.5 Å². The molecule has 2 N–H and O–H groups in total. The summed E-state index contributed by atoms with van der Waals surface area (Å²) in [4.78, 5) is 68.6. The number of hydrogen-bond acceptors (Lipinski definition) is 10. The van der Waals surface area contributed by atoms with E-state index in [-0.39, 0.29) is 12.1 Å². The van der Waals surface area contributed by atoms with Crippen LogP contribution in [0.1, 0.15) is 74.5 Å². The van der Waals surface area contributed by atoms with Gasteiger partial charge in [0, 0.05) is 32.0 Å². The molecule has 68 heavy (non-hydrogen) atoms. The predicted molar refractivity (Wildman–Crippen MR) is 275 cm³/mol. The van der Waals surface area contributed by atoms with Crippen LogP contribution < -0.4 is 10.6 Å². The minimum Gasteiger partial charge on any atom is -0.458 e. The fraction of sp³-hybridized carbons (Fsp3) is 0.264. The number of hydrogen-bond donors (Lipinski definition) is 2. The highest BCUT2D eigenvalue weighted by Gasteiger charge is 2.54. The number of ether oxygens (including phenoxy) is 2. The van der Waals surface area contributed by atoms with Crippen molar-refractivity contribution in [2.24, 2.45) is 9.52 Å². The number of carbonyl (C=O) groups is 4. The summed E-state index contributed by atoms with van der Waals surface area (Å²) in [6.07, 6.45) is -1.54. The molecule has 3 aliphatic rings. The zero-order chi connectivity index (χ0) is 47.8. The molecule has 5 aromatic carbocycles. The highest BCUT2D eigenvalue weighted by molar-refractivity contribution is 14.1. The Morgan fingerprint density at radius 1 is 0.824 bits per heavy atom. The molecule has 1 saturated heterocycles. The van der Waals surface area contributed by atoms with Crippen molar-refractivity contribution in [3.63, 3.8) is 0 Å². The lowest BCUT2D eigenvalue weighted by molar-refractivity contribution is -0.168. The largest absolute Gasteiger partial charge is 0.458 e. The third-order valence-electron chi connectivity index (χ3n) is 11.4. The molecule has 15 heteroatoms. The van der Waals surface area contributed by atoms with E-state index in [0.29, 0.717) is 27.5 Å². The molecule has 2 amide bonds. The van der Waals surface area contributed by atoms with Crippen LogP contribution >= 0.6 is 34.4 Å². The molecular weight excluding hydrogens is 1010 g/mol. The van der Waals surface area contributed by atoms with Gasteiger partial charge >= 0.3 is 11.9 Å². The van der Waals surface area contributed by atoms with Gasteiger partial charge in [0.15, 0.2) is 17.4 Å². The highest BCUT2D eigenvalue weighted by atomic mass is 127. The lowest BCUT2D eigenvalue weighted by Gasteiger charge is -2.49. The number of rotatable bonds is 16. The minimum absolute atomic E-state index is 0.156. The van der Waals surface area contributed by atoms with E-state index in [0.717, 1.165) is 33.4 Å². The first-order valence-corrected chi connectivity index (χ1v) is 26.1. The van der Waals surface area contributed by atoms with Crippen molar-refractivity contribution in [1.29, 1.82) is 0 Å². The van der Waals surface area contributed by atoms with Crippen LogP contribution in [-0.2, 0) is 49.7 Å². The van der Waals surface area contributed by atoms with Gasteiger partial charge in [0.2, 0.25) is 5.91 Å². The summed E-state index contributed by atoms with van der Waals surface area (Å²) < 4.78 is 17.0. The van der Waals surface area contributed by atoms with Gasteiger partial charge in [-0.1, -0.05) is 186 Å². The Hall–Kier alpha value is -5.88. The molecular formula is C53H52IN5O7S2. The summed E-state index contributed by atoms with van der Waals surface area (Å²) >= 11 is 3.70. The van der Waals surface area contributed by atoms with E-state index in [9.17, 15) is 19.2 Å². The number of nitrogens with zero attached hydrogens (tertiary/aromatic N) is 3. The van der Waals surface area contributed by atoms with Gasteiger partial charge < -0.3 is 20.1 Å². The van der Waals surface area contributed by atoms with E-state index >= 15 is 0 Å². The van der Waals surface area contributed by atoms with E-state index < -0.39 is 69.2 Å². The van der Waals surface area contributed by atoms with Gasteiger partial charge in [-0.3, -0.25) is 14.5 Å². The molecule has 8 rings (SSSR count). The van der Waals surface area contributed by atoms with Gasteiger partial charge in [-0.05, 0) is 60.6 Å². The number of amides is 2. The standard InChI is InChI=1S/C53H52IN5O7S2/c1-5-42(49(62)65-52(2,3)4)66-58-68-34-41(55-51(68)57-53(38-25-15-8-16-26-38,39-27-17-9-18-28-39)40-29-19-10-20-30-40)31-43(60)56-44-47(61)59-45(37(32-54)33-67-48(44)59)50(63)64-46(35-21-11-6-12-22-35)36-23-13-7-14-24-36/h6-30,34,42,44,46,48H,5,31-33H2,1-4H3,(H,55,57)(H,56,60). The maximum absolute atomic E-state index is 14.2. The van der Waals surface area contributed by atoms with Crippen LogP contribution in [0.5, 0.6) is 0 Å². The second kappa shape index (κ2) is 21.6. The smallest absolute Gasteiger partial charge is 0.356 e. The first kappa shape index (κ1) is 48.6. The minimum atomic E-state index is -1.25. The quantitative estimate of drug-likeness (QED) is 0.0246. The predicted octanol–water partition coefficient (Wildman–Crippen LogP) is 9.44. The summed E-state index contributed by atoms with van der Waals surface area (Å²) in [5, 5.41) is 8.02. The highest BCUT2D eigenvalue weighted by Crippen LogP contribution is 2.43. The number of halogens is 1. The summed E-state index contributed by atoms with van der Waals surface area (Å²) in [5.41, 5.74) is 3.93. The first-order valence-electron chi connectivity index (χ1n) is 22.3. The number of alkyl halides is 1. The van der Waals surface area contributed by atoms with Crippen molar-refractivity contribution in [3.05, 3.63) is 202 Å². The lowest BCUT2D eigenvalue weighted by atomic mass is 9.77. The van der Waals surface area contributed by atoms with Crippen molar-refractivity contribution in [2.75, 3.05) is 10.2 Å². The molecule has 0 radical (unpaired) electrons. The summed E-state index contributed by atoms with van der Waals surface area (Å²) in [5.74, 6) is -1.48. The molecule has 1 fully saturated rings. The summed E-state index contributed by atoms with van der Waals surface area (Å²) in [7, 11) is -1.25. The second-order valence-electron chi connectivity index (χ2n) is 17.2. The van der Waals surface area contributed by atoms with E-state index in [2.05, 4.69) is 37.8 Å². The zero-order valence-electron chi connectivity index (χ0n) is 38.0. The Bertz CT molecular complexity index is 2620. The van der Waals surface area contributed by atoms with E-state index in [1.165, 1.54) is 16.7 Å². The number of benzene rings is 5. The van der Waals surface area contributed by atoms with E-state index in [1.807, 2.05) is 159 Å². The fourth-order valence-corrected chi connectivity index (χ4v) is 11.8. The van der Waals surface area contributed by atoms with Crippen LogP contribution in [-0.4, -0.2) is 67.1 Å². The van der Waals surface area contributed by atoms with E-state index in [1.54, 1.807) is 26.2 Å². The average Bonchev–Trinajstić information content (AvgIpc) is 3.74. The Balaban J connectivity index is 1.07. The van der Waals surface area contributed by atoms with Gasteiger partial charge in [-0.2, -0.15) is 0 Å². The van der Waals surface area contributed by atoms with Gasteiger partial charge in [0.05, 0.1) is 6.42 Å². The zero-order valence-corrected chi connectivity index (χ0v) is 41.8. The first-order chi connectivity index (χ1) is 32.9. The SMILES string of the molecule is CCC(O/N=S1\C=C(CC(=O)NC2C(=O)N3C(C(=O)OC(c4ccccc4)c4ccccc4)=C(CI)CSC23)NC1=NC(c1ccccc1)(c1ccccc1)c1ccccc1)C(=O)OC(C)(C)C. The Kier molecular flexibility index (Phi) is 15.4. The molecule has 12 nitrogen and oxygen atoms in total. The van der Waals surface area contributed by atoms with Gasteiger partial charge in [0.25, 0.3) is 5.91 Å². The number of carbonyl (C=O) groups excluding carboxylic acids is 4. The number of nitrogens with one attached hydrogen (secondary N) is 2. The normalized spacial score (nSPS) is 19.2. The summed E-state index contributed by atoms with van der Waals surface area (Å²) in [6.45, 7) is 7.19. The summed E-state index contributed by atoms with van der Waals surface area (Å²) in [6, 6.07) is 48.0. The molecule has 0 spiro atoms. The number of aliphatic imine (C=N–C) groups is 1. The fourth-order valence-electron chi connectivity index (χ4n) is 8.18. The average molecular weight is 1060 g/mol. The van der Waals surface area contributed by atoms with Crippen LogP contribution in [0, 0.1) is 0 Å². The van der Waals surface area contributed by atoms with Crippen molar-refractivity contribution in [1.82, 2.24) is 15.5 Å². The molecule has 350 valence electrons. The number of esters is 2. The van der Waals surface area contributed by atoms with Crippen molar-refractivity contribution >= 4 is 74.0 Å². The van der Waals surface area contributed by atoms with Crippen LogP contribution in [0.25, 0.3) is 0 Å². The van der Waals surface area contributed by atoms with Crippen LogP contribution in [0.3, 0.4) is 0 Å². The maximum atomic E-state index is 14.2. The molecule has 3 heterocycles. The second-order valence-corrected chi connectivity index (χ2v) is 20.5. The van der Waals surface area contributed by atoms with Crippen LogP contribution in [0.2, 0.25) is 0 Å². The van der Waals surface area contributed by atoms with E-state index in [4.69, 9.17) is 19.3 Å². The van der Waals surface area contributed by atoms with Gasteiger partial charge in [-0.25, -0.2) is 19.4 Å². The number of β-lactam (4-membered cyclic amide) rings is 1. The Labute approximate surface area is 417 Å². The number of fused-ring (bicyclic) bond motifs is 1. The lowest BCUT2D eigenvalue weighted by Crippen LogP contribution is -2.70. The number of amidine groups is 1. The molecule has 5 aromatic rings. The maximum Gasteiger partial charge on any atom is 0.356 e.